The molecule has 9 nitrogen and oxygen atoms in total. The molecule has 9 heteroatoms. The molecule has 0 saturated heterocycles. The van der Waals surface area contributed by atoms with E-state index >= 15 is 0 Å². The predicted octanol–water partition coefficient (Wildman–Crippen LogP) is 4.29. The van der Waals surface area contributed by atoms with Gasteiger partial charge in [-0.15, -0.1) is 5.10 Å². The summed E-state index contributed by atoms with van der Waals surface area (Å²) < 4.78 is 17.6. The maximum atomic E-state index is 12.4. The van der Waals surface area contributed by atoms with Crippen molar-refractivity contribution in [1.82, 2.24) is 14.8 Å². The molecule has 2 aromatic carbocycles. The van der Waals surface area contributed by atoms with E-state index in [2.05, 4.69) is 20.7 Å². The van der Waals surface area contributed by atoms with Gasteiger partial charge < -0.3 is 19.2 Å². The molecule has 4 aromatic rings. The van der Waals surface area contributed by atoms with Crippen molar-refractivity contribution < 1.29 is 18.7 Å². The van der Waals surface area contributed by atoms with E-state index in [1.807, 2.05) is 48.5 Å². The van der Waals surface area contributed by atoms with Crippen molar-refractivity contribution in [3.63, 3.8) is 0 Å². The second-order valence-corrected chi connectivity index (χ2v) is 7.63. The number of methoxy groups -OCH3 is 2. The first-order chi connectivity index (χ1) is 16.1. The molecular formula is C24H23N5O4. The number of carbonyl (C=O) groups is 1. The molecule has 2 N–H and O–H groups in total. The van der Waals surface area contributed by atoms with Crippen molar-refractivity contribution in [3.8, 4) is 11.5 Å². The zero-order chi connectivity index (χ0) is 22.8. The first-order valence-electron chi connectivity index (χ1n) is 10.5. The fraction of sp³-hybridized carbons (Fsp3) is 0.208. The third-order valence-electron chi connectivity index (χ3n) is 5.68. The number of hydrogen-bond donors (Lipinski definition) is 2. The molecule has 3 heterocycles. The van der Waals surface area contributed by atoms with Crippen LogP contribution in [0.15, 0.2) is 71.3 Å². The molecule has 0 unspecified atom stereocenters. The Kier molecular flexibility index (Phi) is 5.43. The van der Waals surface area contributed by atoms with Crippen molar-refractivity contribution in [2.45, 2.75) is 18.5 Å². The van der Waals surface area contributed by atoms with E-state index in [-0.39, 0.29) is 23.8 Å². The van der Waals surface area contributed by atoms with E-state index in [0.717, 1.165) is 29.0 Å². The Morgan fingerprint density at radius 1 is 1.03 bits per heavy atom. The van der Waals surface area contributed by atoms with Gasteiger partial charge in [-0.1, -0.05) is 24.3 Å². The second-order valence-electron chi connectivity index (χ2n) is 7.63. The van der Waals surface area contributed by atoms with E-state index in [1.165, 1.54) is 6.26 Å². The molecule has 1 amide bonds. The summed E-state index contributed by atoms with van der Waals surface area (Å²) in [6.45, 7) is 0. The van der Waals surface area contributed by atoms with Crippen LogP contribution in [0.2, 0.25) is 0 Å². The standard InChI is InChI=1S/C24H23N5O4/c1-31-17-9-5-15(6-10-17)19-14-20(16-7-11-18(32-2)12-8-16)29-24(25-19)27-23(28-29)26-22(30)21-4-3-13-33-21/h3-13,19-20H,14H2,1-2H3,(H2,25,26,27,28,30)/t19-,20+/m1/s1. The number of fused-ring (bicyclic) bond motifs is 1. The lowest BCUT2D eigenvalue weighted by atomic mass is 9.93. The first-order valence-corrected chi connectivity index (χ1v) is 10.5. The summed E-state index contributed by atoms with van der Waals surface area (Å²) in [5.74, 6) is 2.14. The van der Waals surface area contributed by atoms with Crippen LogP contribution in [0.25, 0.3) is 0 Å². The maximum Gasteiger partial charge on any atom is 0.293 e. The van der Waals surface area contributed by atoms with Crippen LogP contribution >= 0.6 is 0 Å². The Morgan fingerprint density at radius 2 is 1.70 bits per heavy atom. The van der Waals surface area contributed by atoms with Gasteiger partial charge in [0.25, 0.3) is 11.9 Å². The number of benzene rings is 2. The molecule has 2 aromatic heterocycles. The summed E-state index contributed by atoms with van der Waals surface area (Å²) in [7, 11) is 3.29. The van der Waals surface area contributed by atoms with Gasteiger partial charge in [-0.25, -0.2) is 4.68 Å². The molecule has 0 saturated carbocycles. The minimum atomic E-state index is -0.407. The number of nitrogens with zero attached hydrogens (tertiary/aromatic N) is 3. The number of rotatable bonds is 6. The van der Waals surface area contributed by atoms with Gasteiger partial charge in [0.05, 0.1) is 32.6 Å². The van der Waals surface area contributed by atoms with E-state index < -0.39 is 5.91 Å². The third kappa shape index (κ3) is 4.12. The molecular weight excluding hydrogens is 422 g/mol. The van der Waals surface area contributed by atoms with E-state index in [4.69, 9.17) is 13.9 Å². The van der Waals surface area contributed by atoms with Crippen molar-refractivity contribution in [2.24, 2.45) is 0 Å². The summed E-state index contributed by atoms with van der Waals surface area (Å²) in [5, 5.41) is 10.7. The fourth-order valence-electron chi connectivity index (χ4n) is 3.96. The molecule has 1 aliphatic heterocycles. The molecule has 0 aliphatic carbocycles. The average molecular weight is 445 g/mol. The monoisotopic (exact) mass is 445 g/mol. The molecule has 1 aliphatic rings. The summed E-state index contributed by atoms with van der Waals surface area (Å²) in [5.41, 5.74) is 2.16. The van der Waals surface area contributed by atoms with Crippen LogP contribution in [0.3, 0.4) is 0 Å². The van der Waals surface area contributed by atoms with Crippen LogP contribution in [0, 0.1) is 0 Å². The Bertz CT molecular complexity index is 1230. The predicted molar refractivity (Wildman–Crippen MR) is 122 cm³/mol. The SMILES string of the molecule is COc1ccc([C@H]2C[C@@H](c3ccc(OC)cc3)n3nc(NC(=O)c4ccco4)nc3N2)cc1. The fourth-order valence-corrected chi connectivity index (χ4v) is 3.96. The van der Waals surface area contributed by atoms with Crippen LogP contribution in [0.5, 0.6) is 11.5 Å². The topological polar surface area (TPSA) is 103 Å². The molecule has 33 heavy (non-hydrogen) atoms. The molecule has 168 valence electrons. The molecule has 0 spiro atoms. The molecule has 2 atom stereocenters. The van der Waals surface area contributed by atoms with Crippen molar-refractivity contribution in [2.75, 3.05) is 24.9 Å². The summed E-state index contributed by atoms with van der Waals surface area (Å²) in [6.07, 6.45) is 2.18. The van der Waals surface area contributed by atoms with Crippen molar-refractivity contribution in [3.05, 3.63) is 83.8 Å². The number of aromatic nitrogens is 3. The third-order valence-corrected chi connectivity index (χ3v) is 5.68. The number of amides is 1. The van der Waals surface area contributed by atoms with Crippen molar-refractivity contribution in [1.29, 1.82) is 0 Å². The van der Waals surface area contributed by atoms with Gasteiger partial charge in [-0.2, -0.15) is 4.98 Å². The number of anilines is 2. The molecule has 0 radical (unpaired) electrons. The van der Waals surface area contributed by atoms with Crippen LogP contribution in [0.4, 0.5) is 11.9 Å². The number of furan rings is 1. The zero-order valence-electron chi connectivity index (χ0n) is 18.2. The highest BCUT2D eigenvalue weighted by atomic mass is 16.5. The van der Waals surface area contributed by atoms with Gasteiger partial charge in [0.1, 0.15) is 11.5 Å². The summed E-state index contributed by atoms with van der Waals surface area (Å²) in [6, 6.07) is 19.0. The maximum absolute atomic E-state index is 12.4. The summed E-state index contributed by atoms with van der Waals surface area (Å²) in [4.78, 5) is 17.0. The minimum Gasteiger partial charge on any atom is -0.497 e. The average Bonchev–Trinajstić information content (AvgIpc) is 3.53. The van der Waals surface area contributed by atoms with E-state index in [1.54, 1.807) is 31.0 Å². The Hall–Kier alpha value is -4.27. The second kappa shape index (κ2) is 8.70. The number of nitrogens with one attached hydrogen (secondary N) is 2. The largest absolute Gasteiger partial charge is 0.497 e. The Morgan fingerprint density at radius 3 is 2.30 bits per heavy atom. The van der Waals surface area contributed by atoms with Crippen LogP contribution in [-0.4, -0.2) is 34.9 Å². The Balaban J connectivity index is 1.48. The lowest BCUT2D eigenvalue weighted by Gasteiger charge is -2.31. The highest BCUT2D eigenvalue weighted by molar-refractivity contribution is 6.01. The normalized spacial score (nSPS) is 17.0. The van der Waals surface area contributed by atoms with Gasteiger partial charge in [-0.3, -0.25) is 10.1 Å². The van der Waals surface area contributed by atoms with Gasteiger partial charge >= 0.3 is 0 Å². The highest BCUT2D eigenvalue weighted by Gasteiger charge is 2.31. The van der Waals surface area contributed by atoms with E-state index in [9.17, 15) is 4.79 Å². The van der Waals surface area contributed by atoms with Gasteiger partial charge in [0.15, 0.2) is 5.76 Å². The molecule has 0 bridgehead atoms. The summed E-state index contributed by atoms with van der Waals surface area (Å²) >= 11 is 0. The van der Waals surface area contributed by atoms with Crippen LogP contribution in [-0.2, 0) is 0 Å². The highest BCUT2D eigenvalue weighted by Crippen LogP contribution is 2.39. The van der Waals surface area contributed by atoms with E-state index in [0.29, 0.717) is 5.95 Å². The van der Waals surface area contributed by atoms with Crippen LogP contribution in [0.1, 0.15) is 40.2 Å². The zero-order valence-corrected chi connectivity index (χ0v) is 18.2. The lowest BCUT2D eigenvalue weighted by molar-refractivity contribution is 0.0995. The minimum absolute atomic E-state index is 0.00617. The van der Waals surface area contributed by atoms with Gasteiger partial charge in [-0.05, 0) is 53.9 Å². The quantitative estimate of drug-likeness (QED) is 0.456. The number of carbonyl (C=O) groups excluding carboxylic acids is 1. The number of hydrogen-bond acceptors (Lipinski definition) is 7. The van der Waals surface area contributed by atoms with Crippen LogP contribution < -0.4 is 20.1 Å². The Labute approximate surface area is 190 Å². The lowest BCUT2D eigenvalue weighted by Crippen LogP contribution is -2.28. The number of ether oxygens (including phenoxy) is 2. The first kappa shape index (κ1) is 20.6. The van der Waals surface area contributed by atoms with Gasteiger partial charge in [0.2, 0.25) is 5.95 Å². The van der Waals surface area contributed by atoms with Crippen molar-refractivity contribution >= 4 is 17.8 Å². The smallest absolute Gasteiger partial charge is 0.293 e. The molecule has 0 fully saturated rings. The van der Waals surface area contributed by atoms with Gasteiger partial charge in [0, 0.05) is 0 Å². The molecule has 5 rings (SSSR count).